The van der Waals surface area contributed by atoms with E-state index in [4.69, 9.17) is 30.0 Å². The molecule has 0 saturated carbocycles. The Bertz CT molecular complexity index is 1260. The molecule has 0 radical (unpaired) electrons. The van der Waals surface area contributed by atoms with Crippen LogP contribution in [-0.2, 0) is 37.4 Å². The van der Waals surface area contributed by atoms with Gasteiger partial charge in [-0.2, -0.15) is 0 Å². The molecule has 1 heterocycles. The minimum Gasteiger partial charge on any atom is -0.668 e. The molecule has 1 fully saturated rings. The number of aliphatic imine (C=N–C) groups is 2. The Morgan fingerprint density at radius 2 is 0.872 bits per heavy atom. The average molecular weight is 746 g/mol. The predicted molar refractivity (Wildman–Crippen MR) is 209 cm³/mol. The molecule has 0 aliphatic carbocycles. The van der Waals surface area contributed by atoms with Gasteiger partial charge in [-0.3, -0.25) is 0 Å². The molecule has 0 spiro atoms. The van der Waals surface area contributed by atoms with Gasteiger partial charge < -0.3 is 30.0 Å². The molecule has 9 heteroatoms. The standard InChI is InChI=1S/C28H32N4.C6H18NSi2.C4H8O.Y/c1-27(2,3)25(29-21-15-9-7-10-16-21)31-23-19-13-14-20-24(23)32-26(28(4,5)6)30-22-17-11-8-12-18-22;1-8(2,3)7-9(4,5)6;1-2-4-5-3-1;/h7-20H,1-6H3;1-6H3;1-4H2;/q-2;-1;;+3. The van der Waals surface area contributed by atoms with E-state index in [1.165, 1.54) is 12.8 Å². The quantitative estimate of drug-likeness (QED) is 0.141. The minimum absolute atomic E-state index is 0. The molecule has 3 aromatic rings. The summed E-state index contributed by atoms with van der Waals surface area (Å²) >= 11 is 0. The summed E-state index contributed by atoms with van der Waals surface area (Å²) < 4.78 is 9.76. The molecule has 0 unspecified atom stereocenters. The molecule has 1 aliphatic rings. The van der Waals surface area contributed by atoms with Crippen molar-refractivity contribution in [3.05, 3.63) is 100 Å². The Balaban J connectivity index is 0.000000610. The van der Waals surface area contributed by atoms with Gasteiger partial charge >= 0.3 is 32.7 Å². The van der Waals surface area contributed by atoms with E-state index in [9.17, 15) is 0 Å². The van der Waals surface area contributed by atoms with Crippen LogP contribution < -0.4 is 0 Å². The van der Waals surface area contributed by atoms with Gasteiger partial charge in [0, 0.05) is 13.2 Å². The molecular weight excluding hydrogens is 688 g/mol. The van der Waals surface area contributed by atoms with Gasteiger partial charge in [-0.25, -0.2) is 0 Å². The van der Waals surface area contributed by atoms with Crippen LogP contribution in [0.2, 0.25) is 39.3 Å². The SMILES string of the molecule is C1CCOC1.CC(C)(C)C(=Nc1ccccc1N=C([N-]c1ccccc1)C(C)(C)C)[N-]c1ccccc1.C[Si](C)(C)[N-][Si](C)(C)C.[Y+3]. The first-order valence-electron chi connectivity index (χ1n) is 16.5. The van der Waals surface area contributed by atoms with Crippen molar-refractivity contribution in [3.63, 3.8) is 0 Å². The van der Waals surface area contributed by atoms with Crippen LogP contribution in [0.15, 0.2) is 94.9 Å². The van der Waals surface area contributed by atoms with E-state index in [-0.39, 0.29) is 43.5 Å². The molecule has 4 rings (SSSR count). The topological polar surface area (TPSA) is 76.2 Å². The van der Waals surface area contributed by atoms with Gasteiger partial charge in [0.05, 0.1) is 0 Å². The Morgan fingerprint density at radius 3 is 1.11 bits per heavy atom. The van der Waals surface area contributed by atoms with Gasteiger partial charge in [0.1, 0.15) is 0 Å². The van der Waals surface area contributed by atoms with Crippen molar-refractivity contribution in [2.75, 3.05) is 13.2 Å². The maximum atomic E-state index is 4.97. The third kappa shape index (κ3) is 19.0. The summed E-state index contributed by atoms with van der Waals surface area (Å²) in [7, 11) is -2.21. The van der Waals surface area contributed by atoms with Crippen molar-refractivity contribution in [1.29, 1.82) is 0 Å². The first-order chi connectivity index (χ1) is 21.3. The number of amidine groups is 2. The van der Waals surface area contributed by atoms with E-state index >= 15 is 0 Å². The molecule has 47 heavy (non-hydrogen) atoms. The third-order valence-corrected chi connectivity index (χ3v) is 11.5. The second-order valence-corrected chi connectivity index (χ2v) is 25.1. The molecule has 6 nitrogen and oxygen atoms in total. The zero-order chi connectivity index (χ0) is 34.4. The van der Waals surface area contributed by atoms with Crippen molar-refractivity contribution in [2.45, 2.75) is 93.7 Å². The van der Waals surface area contributed by atoms with Crippen LogP contribution in [0.1, 0.15) is 54.4 Å². The molecule has 0 bridgehead atoms. The van der Waals surface area contributed by atoms with Crippen molar-refractivity contribution in [2.24, 2.45) is 20.8 Å². The summed E-state index contributed by atoms with van der Waals surface area (Å²) in [6, 6.07) is 27.8. The van der Waals surface area contributed by atoms with E-state index in [2.05, 4.69) is 80.8 Å². The molecule has 3 aromatic carbocycles. The normalized spacial score (nSPS) is 14.1. The Labute approximate surface area is 314 Å². The van der Waals surface area contributed by atoms with Gasteiger partial charge in [0.25, 0.3) is 0 Å². The summed E-state index contributed by atoms with van der Waals surface area (Å²) in [5.41, 5.74) is 2.87. The molecule has 1 aliphatic heterocycles. The number of nitrogens with zero attached hydrogens (tertiary/aromatic N) is 5. The third-order valence-electron chi connectivity index (χ3n) is 6.16. The first-order valence-corrected chi connectivity index (χ1v) is 23.4. The first kappa shape index (κ1) is 43.1. The van der Waals surface area contributed by atoms with Crippen molar-refractivity contribution < 1.29 is 37.4 Å². The zero-order valence-electron chi connectivity index (χ0n) is 31.1. The summed E-state index contributed by atoms with van der Waals surface area (Å²) in [5.74, 6) is 1.51. The average Bonchev–Trinajstić information content (AvgIpc) is 3.52. The van der Waals surface area contributed by atoms with E-state index in [0.717, 1.165) is 47.6 Å². The van der Waals surface area contributed by atoms with E-state index in [1.54, 1.807) is 0 Å². The Hall–Kier alpha value is -1.94. The summed E-state index contributed by atoms with van der Waals surface area (Å²) in [4.78, 5) is 9.94. The van der Waals surface area contributed by atoms with Gasteiger partial charge in [-0.15, -0.1) is 0 Å². The largest absolute Gasteiger partial charge is 3.00 e. The molecule has 0 aromatic heterocycles. The maximum absolute atomic E-state index is 4.97. The monoisotopic (exact) mass is 745 g/mol. The minimum atomic E-state index is -1.11. The molecular formula is C38H58N5OSi2Y. The van der Waals surface area contributed by atoms with Gasteiger partial charge in [0.15, 0.2) is 0 Å². The van der Waals surface area contributed by atoms with E-state index in [1.807, 2.05) is 84.9 Å². The van der Waals surface area contributed by atoms with Crippen LogP contribution >= 0.6 is 0 Å². The van der Waals surface area contributed by atoms with E-state index < -0.39 is 16.5 Å². The fourth-order valence-electron chi connectivity index (χ4n) is 4.37. The van der Waals surface area contributed by atoms with Crippen LogP contribution in [-0.4, -0.2) is 41.4 Å². The van der Waals surface area contributed by atoms with Crippen LogP contribution in [0.5, 0.6) is 0 Å². The van der Waals surface area contributed by atoms with Crippen LogP contribution in [0.25, 0.3) is 15.3 Å². The van der Waals surface area contributed by atoms with Crippen molar-refractivity contribution in [1.82, 2.24) is 0 Å². The number of rotatable bonds is 6. The Kier molecular flexibility index (Phi) is 18.2. The van der Waals surface area contributed by atoms with Gasteiger partial charge in [0.2, 0.25) is 0 Å². The zero-order valence-corrected chi connectivity index (χ0v) is 36.0. The summed E-state index contributed by atoms with van der Waals surface area (Å²) in [6.07, 6.45) is 2.56. The summed E-state index contributed by atoms with van der Waals surface area (Å²) in [6.45, 7) is 28.5. The maximum Gasteiger partial charge on any atom is 3.00 e. The van der Waals surface area contributed by atoms with Crippen molar-refractivity contribution in [3.8, 4) is 0 Å². The molecule has 1 saturated heterocycles. The fraction of sp³-hybridized carbons (Fsp3) is 0.474. The smallest absolute Gasteiger partial charge is 0.668 e. The van der Waals surface area contributed by atoms with E-state index in [0.29, 0.717) is 0 Å². The van der Waals surface area contributed by atoms with Gasteiger partial charge in [-0.05, 0) is 46.4 Å². The van der Waals surface area contributed by atoms with Crippen LogP contribution in [0.3, 0.4) is 0 Å². The molecule has 0 atom stereocenters. The predicted octanol–water partition coefficient (Wildman–Crippen LogP) is 13.1. The summed E-state index contributed by atoms with van der Waals surface area (Å²) in [5, 5.41) is 9.68. The second kappa shape index (κ2) is 19.9. The van der Waals surface area contributed by atoms with Gasteiger partial charge in [-0.1, -0.05) is 194 Å². The van der Waals surface area contributed by atoms with Crippen LogP contribution in [0.4, 0.5) is 22.7 Å². The number of benzene rings is 3. The Morgan fingerprint density at radius 1 is 0.553 bits per heavy atom. The van der Waals surface area contributed by atoms with Crippen molar-refractivity contribution >= 4 is 50.9 Å². The number of hydrogen-bond acceptors (Lipinski definition) is 3. The van der Waals surface area contributed by atoms with Crippen LogP contribution in [0, 0.1) is 10.8 Å². The molecule has 0 N–H and O–H groups in total. The number of para-hydroxylation sites is 4. The molecule has 0 amide bonds. The number of ether oxygens (including phenoxy) is 1. The number of hydrogen-bond donors (Lipinski definition) is 0. The fourth-order valence-corrected chi connectivity index (χ4v) is 12.4. The molecule has 252 valence electrons. The second-order valence-electron chi connectivity index (χ2n) is 15.5.